The average molecular weight is 550 g/mol. The Morgan fingerprint density at radius 1 is 1.15 bits per heavy atom. The van der Waals surface area contributed by atoms with Gasteiger partial charge >= 0.3 is 6.15 Å². The highest BCUT2D eigenvalue weighted by Gasteiger charge is 2.30. The predicted octanol–water partition coefficient (Wildman–Crippen LogP) is 5.63. The lowest BCUT2D eigenvalue weighted by molar-refractivity contribution is -0.191. The molecule has 5 rings (SSSR count). The number of nitrogens with zero attached hydrogens (tertiary/aromatic N) is 6. The fourth-order valence-corrected chi connectivity index (χ4v) is 6.12. The molecule has 0 bridgehead atoms. The van der Waals surface area contributed by atoms with Gasteiger partial charge < -0.3 is 14.6 Å². The van der Waals surface area contributed by atoms with Gasteiger partial charge in [0.05, 0.1) is 29.8 Å². The van der Waals surface area contributed by atoms with Gasteiger partial charge in [0.2, 0.25) is 0 Å². The molecular formula is C28H39N7O3Si. The molecule has 1 N–H and O–H groups in total. The summed E-state index contributed by atoms with van der Waals surface area (Å²) < 4.78 is 10.1. The van der Waals surface area contributed by atoms with Crippen molar-refractivity contribution < 1.29 is 14.3 Å². The minimum atomic E-state index is -1.12. The van der Waals surface area contributed by atoms with Gasteiger partial charge in [-0.2, -0.15) is 19.9 Å². The number of hydrogen-bond acceptors (Lipinski definition) is 8. The lowest BCUT2D eigenvalue weighted by Crippen LogP contribution is -2.27. The number of fused-ring (bicyclic) bond motifs is 1. The highest BCUT2D eigenvalue weighted by Crippen LogP contribution is 2.39. The molecule has 11 heteroatoms. The van der Waals surface area contributed by atoms with E-state index >= 15 is 0 Å². The second-order valence-electron chi connectivity index (χ2n) is 11.8. The van der Waals surface area contributed by atoms with Gasteiger partial charge in [0.1, 0.15) is 18.7 Å². The number of hydrogen-bond donors (Lipinski definition) is 1. The van der Waals surface area contributed by atoms with E-state index in [1.165, 1.54) is 44.9 Å². The molecule has 0 saturated heterocycles. The molecule has 3 aromatic heterocycles. The van der Waals surface area contributed by atoms with Crippen LogP contribution in [0, 0.1) is 17.2 Å². The van der Waals surface area contributed by atoms with E-state index in [-0.39, 0.29) is 12.2 Å². The van der Waals surface area contributed by atoms with Gasteiger partial charge in [-0.05, 0) is 50.1 Å². The predicted molar refractivity (Wildman–Crippen MR) is 150 cm³/mol. The second kappa shape index (κ2) is 13.2. The van der Waals surface area contributed by atoms with Crippen molar-refractivity contribution >= 4 is 31.1 Å². The van der Waals surface area contributed by atoms with Crippen molar-refractivity contribution in [2.75, 3.05) is 11.9 Å². The molecule has 1 unspecified atom stereocenters. The van der Waals surface area contributed by atoms with E-state index in [0.29, 0.717) is 25.1 Å². The Bertz CT molecular complexity index is 1310. The van der Waals surface area contributed by atoms with Crippen molar-refractivity contribution in [2.45, 2.75) is 95.9 Å². The molecule has 2 fully saturated rings. The van der Waals surface area contributed by atoms with Crippen molar-refractivity contribution in [3.05, 3.63) is 24.8 Å². The lowest BCUT2D eigenvalue weighted by atomic mass is 9.93. The summed E-state index contributed by atoms with van der Waals surface area (Å²) in [6, 6.07) is 6.21. The molecule has 3 heterocycles. The standard InChI is InChI=1S/C27H39N7OSi.CO2/c1-36(2,3)16-15-35-19-33-14-12-22-25(29-18-30-27(22)33)23-17-34(32-26(23)31-21-9-6-10-21)24(11-13-28)20-7-4-5-8-20;2-1-3/h12,14,17-18,20-21,24H,4-11,15-16,19H2,1-3H3,(H,31,32);. The van der Waals surface area contributed by atoms with Crippen molar-refractivity contribution in [1.82, 2.24) is 24.3 Å². The Balaban J connectivity index is 0.00000112. The first-order valence-corrected chi connectivity index (χ1v) is 17.6. The minimum Gasteiger partial charge on any atom is -0.365 e. The SMILES string of the molecule is C[Si](C)(C)CCOCn1ccc2c(-c3cn(C(CC#N)C4CCCC4)nc3NC3CCC3)ncnc21.O=C=O. The van der Waals surface area contributed by atoms with Gasteiger partial charge in [-0.1, -0.05) is 32.5 Å². The summed E-state index contributed by atoms with van der Waals surface area (Å²) in [6.45, 7) is 8.36. The molecule has 2 aliphatic carbocycles. The van der Waals surface area contributed by atoms with Crippen molar-refractivity contribution in [2.24, 2.45) is 5.92 Å². The molecule has 0 aromatic carbocycles. The normalized spacial score (nSPS) is 16.7. The third-order valence-corrected chi connectivity index (χ3v) is 9.50. The molecule has 0 aliphatic heterocycles. The summed E-state index contributed by atoms with van der Waals surface area (Å²) in [5, 5.41) is 19.3. The van der Waals surface area contributed by atoms with Crippen molar-refractivity contribution in [3.63, 3.8) is 0 Å². The Kier molecular flexibility index (Phi) is 9.67. The molecular weight excluding hydrogens is 510 g/mol. The summed E-state index contributed by atoms with van der Waals surface area (Å²) in [7, 11) is -1.12. The van der Waals surface area contributed by atoms with E-state index in [0.717, 1.165) is 40.8 Å². The van der Waals surface area contributed by atoms with Gasteiger partial charge in [-0.25, -0.2) is 9.97 Å². The van der Waals surface area contributed by atoms with E-state index in [9.17, 15) is 5.26 Å². The highest BCUT2D eigenvalue weighted by molar-refractivity contribution is 6.76. The van der Waals surface area contributed by atoms with Crippen LogP contribution in [0.5, 0.6) is 0 Å². The zero-order chi connectivity index (χ0) is 27.8. The van der Waals surface area contributed by atoms with Crippen LogP contribution >= 0.6 is 0 Å². The van der Waals surface area contributed by atoms with Crippen LogP contribution in [0.2, 0.25) is 25.7 Å². The molecule has 39 heavy (non-hydrogen) atoms. The molecule has 10 nitrogen and oxygen atoms in total. The zero-order valence-electron chi connectivity index (χ0n) is 23.2. The maximum Gasteiger partial charge on any atom is 0.373 e. The monoisotopic (exact) mass is 549 g/mol. The van der Waals surface area contributed by atoms with Crippen LogP contribution < -0.4 is 5.32 Å². The number of nitrogens with one attached hydrogen (secondary N) is 1. The number of rotatable bonds is 11. The summed E-state index contributed by atoms with van der Waals surface area (Å²) in [6.07, 6.45) is 15.0. The molecule has 2 saturated carbocycles. The van der Waals surface area contributed by atoms with Gasteiger partial charge in [0.15, 0.2) is 5.82 Å². The Hall–Kier alpha value is -3.32. The fraction of sp³-hybridized carbons (Fsp3) is 0.607. The van der Waals surface area contributed by atoms with Crippen LogP contribution in [0.3, 0.4) is 0 Å². The first kappa shape index (κ1) is 28.7. The highest BCUT2D eigenvalue weighted by atomic mass is 28.3. The van der Waals surface area contributed by atoms with Crippen LogP contribution in [0.25, 0.3) is 22.3 Å². The largest absolute Gasteiger partial charge is 0.373 e. The molecule has 3 aromatic rings. The van der Waals surface area contributed by atoms with Crippen LogP contribution in [0.1, 0.15) is 57.4 Å². The maximum absolute atomic E-state index is 9.58. The van der Waals surface area contributed by atoms with Crippen LogP contribution in [-0.2, 0) is 21.1 Å². The number of anilines is 1. The first-order chi connectivity index (χ1) is 18.8. The topological polar surface area (TPSA) is 128 Å². The zero-order valence-corrected chi connectivity index (χ0v) is 24.2. The van der Waals surface area contributed by atoms with E-state index in [4.69, 9.17) is 24.4 Å². The number of nitriles is 1. The third kappa shape index (κ3) is 7.21. The maximum atomic E-state index is 9.58. The number of aromatic nitrogens is 5. The van der Waals surface area contributed by atoms with Crippen LogP contribution in [0.4, 0.5) is 5.82 Å². The van der Waals surface area contributed by atoms with Crippen molar-refractivity contribution in [1.29, 1.82) is 5.26 Å². The summed E-state index contributed by atoms with van der Waals surface area (Å²) in [5.74, 6) is 1.38. The van der Waals surface area contributed by atoms with Gasteiger partial charge in [-0.15, -0.1) is 0 Å². The second-order valence-corrected chi connectivity index (χ2v) is 17.4. The van der Waals surface area contributed by atoms with Crippen molar-refractivity contribution in [3.8, 4) is 17.3 Å². The fourth-order valence-electron chi connectivity index (χ4n) is 5.36. The average Bonchev–Trinajstić information content (AvgIpc) is 3.63. The minimum absolute atomic E-state index is 0.106. The first-order valence-electron chi connectivity index (χ1n) is 13.9. The quantitative estimate of drug-likeness (QED) is 0.241. The number of carbonyl (C=O) groups excluding carboxylic acids is 2. The molecule has 2 aliphatic rings. The Labute approximate surface area is 230 Å². The van der Waals surface area contributed by atoms with Gasteiger partial charge in [0.25, 0.3) is 0 Å². The third-order valence-electron chi connectivity index (χ3n) is 7.80. The Morgan fingerprint density at radius 2 is 1.90 bits per heavy atom. The molecule has 0 spiro atoms. The summed E-state index contributed by atoms with van der Waals surface area (Å²) >= 11 is 0. The van der Waals surface area contributed by atoms with Crippen LogP contribution in [0.15, 0.2) is 24.8 Å². The number of ether oxygens (including phenoxy) is 1. The molecule has 0 amide bonds. The van der Waals surface area contributed by atoms with E-state index in [1.807, 2.05) is 6.20 Å². The summed E-state index contributed by atoms with van der Waals surface area (Å²) in [4.78, 5) is 25.6. The van der Waals surface area contributed by atoms with E-state index in [1.54, 1.807) is 6.33 Å². The summed E-state index contributed by atoms with van der Waals surface area (Å²) in [5.41, 5.74) is 2.75. The van der Waals surface area contributed by atoms with Crippen LogP contribution in [-0.4, -0.2) is 51.2 Å². The molecule has 208 valence electrons. The van der Waals surface area contributed by atoms with E-state index in [2.05, 4.69) is 57.5 Å². The van der Waals surface area contributed by atoms with Gasteiger partial charge in [0, 0.05) is 38.5 Å². The Morgan fingerprint density at radius 3 is 2.54 bits per heavy atom. The lowest BCUT2D eigenvalue weighted by Gasteiger charge is -2.27. The molecule has 0 radical (unpaired) electrons. The smallest absolute Gasteiger partial charge is 0.365 e. The van der Waals surface area contributed by atoms with E-state index < -0.39 is 8.07 Å². The molecule has 1 atom stereocenters. The van der Waals surface area contributed by atoms with Gasteiger partial charge in [-0.3, -0.25) is 4.68 Å².